The van der Waals surface area contributed by atoms with Gasteiger partial charge in [-0.3, -0.25) is 0 Å². The zero-order valence-electron chi connectivity index (χ0n) is 13.1. The smallest absolute Gasteiger partial charge is 0.161 e. The van der Waals surface area contributed by atoms with Crippen LogP contribution in [0.3, 0.4) is 0 Å². The first-order chi connectivity index (χ1) is 10.3. The van der Waals surface area contributed by atoms with Gasteiger partial charge in [-0.25, -0.2) is 0 Å². The first kappa shape index (κ1) is 16.1. The monoisotopic (exact) mass is 295 g/mol. The molecule has 1 fully saturated rings. The van der Waals surface area contributed by atoms with Crippen molar-refractivity contribution in [3.05, 3.63) is 23.8 Å². The van der Waals surface area contributed by atoms with E-state index in [1.54, 1.807) is 14.2 Å². The highest BCUT2D eigenvalue weighted by Gasteiger charge is 2.17. The maximum atomic E-state index is 5.66. The Labute approximate surface area is 126 Å². The van der Waals surface area contributed by atoms with Gasteiger partial charge >= 0.3 is 0 Å². The first-order valence-electron chi connectivity index (χ1n) is 7.43. The van der Waals surface area contributed by atoms with Gasteiger partial charge in [-0.1, -0.05) is 13.0 Å². The van der Waals surface area contributed by atoms with Crippen LogP contribution in [0.5, 0.6) is 11.5 Å². The Kier molecular flexibility index (Phi) is 6.29. The molecule has 5 nitrogen and oxygen atoms in total. The third-order valence-electron chi connectivity index (χ3n) is 3.70. The third-order valence-corrected chi connectivity index (χ3v) is 3.70. The Morgan fingerprint density at radius 2 is 2.05 bits per heavy atom. The lowest BCUT2D eigenvalue weighted by molar-refractivity contribution is -0.0871. The molecule has 2 atom stereocenters. The fraction of sp³-hybridized carbons (Fsp3) is 0.625. The zero-order valence-corrected chi connectivity index (χ0v) is 13.1. The van der Waals surface area contributed by atoms with Crippen LogP contribution in [-0.2, 0) is 9.47 Å². The van der Waals surface area contributed by atoms with Crippen molar-refractivity contribution < 1.29 is 18.9 Å². The molecule has 5 heteroatoms. The van der Waals surface area contributed by atoms with E-state index >= 15 is 0 Å². The molecular weight excluding hydrogens is 270 g/mol. The van der Waals surface area contributed by atoms with E-state index in [0.29, 0.717) is 19.8 Å². The van der Waals surface area contributed by atoms with Gasteiger partial charge in [0.2, 0.25) is 0 Å². The van der Waals surface area contributed by atoms with E-state index in [4.69, 9.17) is 18.9 Å². The number of nitrogens with one attached hydrogen (secondary N) is 1. The molecule has 1 aliphatic rings. The Hall–Kier alpha value is -1.30. The fourth-order valence-corrected chi connectivity index (χ4v) is 2.50. The molecule has 1 aromatic carbocycles. The molecule has 0 bridgehead atoms. The third kappa shape index (κ3) is 4.33. The Morgan fingerprint density at radius 3 is 2.67 bits per heavy atom. The number of ether oxygens (including phenoxy) is 4. The number of hydrogen-bond acceptors (Lipinski definition) is 5. The summed E-state index contributed by atoms with van der Waals surface area (Å²) in [6.45, 7) is 4.98. The summed E-state index contributed by atoms with van der Waals surface area (Å²) in [5, 5.41) is 3.54. The predicted molar refractivity (Wildman–Crippen MR) is 81.1 cm³/mol. The van der Waals surface area contributed by atoms with Crippen molar-refractivity contribution in [3.8, 4) is 11.5 Å². The van der Waals surface area contributed by atoms with Gasteiger partial charge in [-0.2, -0.15) is 0 Å². The predicted octanol–water partition coefficient (Wildman–Crippen LogP) is 2.16. The van der Waals surface area contributed by atoms with Gasteiger partial charge in [0, 0.05) is 12.6 Å². The highest BCUT2D eigenvalue weighted by molar-refractivity contribution is 5.43. The van der Waals surface area contributed by atoms with Crippen LogP contribution >= 0.6 is 0 Å². The highest BCUT2D eigenvalue weighted by atomic mass is 16.6. The summed E-state index contributed by atoms with van der Waals surface area (Å²) in [7, 11) is 3.30. The van der Waals surface area contributed by atoms with Crippen LogP contribution in [0.4, 0.5) is 0 Å². The maximum absolute atomic E-state index is 5.66. The van der Waals surface area contributed by atoms with Crippen LogP contribution in [0.15, 0.2) is 18.2 Å². The van der Waals surface area contributed by atoms with Crippen LogP contribution in [0.2, 0.25) is 0 Å². The molecule has 1 saturated heterocycles. The van der Waals surface area contributed by atoms with Crippen molar-refractivity contribution in [3.63, 3.8) is 0 Å². The first-order valence-corrected chi connectivity index (χ1v) is 7.43. The molecule has 0 aromatic heterocycles. The summed E-state index contributed by atoms with van der Waals surface area (Å²) in [4.78, 5) is 0. The average molecular weight is 295 g/mol. The Balaban J connectivity index is 1.99. The second kappa shape index (κ2) is 8.22. The standard InChI is InChI=1S/C16H25NO4/c1-4-14(17-10-13-11-20-7-8-21-13)12-5-6-15(18-2)16(9-12)19-3/h5-6,9,13-14,17H,4,7-8,10-11H2,1-3H3. The van der Waals surface area contributed by atoms with E-state index in [2.05, 4.69) is 18.3 Å². The number of methoxy groups -OCH3 is 2. The lowest BCUT2D eigenvalue weighted by Gasteiger charge is -2.26. The van der Waals surface area contributed by atoms with Gasteiger partial charge in [0.15, 0.2) is 11.5 Å². The van der Waals surface area contributed by atoms with Crippen molar-refractivity contribution in [2.24, 2.45) is 0 Å². The molecule has 0 aliphatic carbocycles. The average Bonchev–Trinajstić information content (AvgIpc) is 2.56. The summed E-state index contributed by atoms with van der Waals surface area (Å²) >= 11 is 0. The van der Waals surface area contributed by atoms with E-state index < -0.39 is 0 Å². The van der Waals surface area contributed by atoms with Gasteiger partial charge in [-0.05, 0) is 24.1 Å². The number of rotatable bonds is 7. The lowest BCUT2D eigenvalue weighted by Crippen LogP contribution is -2.38. The molecule has 2 unspecified atom stereocenters. The van der Waals surface area contributed by atoms with Crippen molar-refractivity contribution in [2.45, 2.75) is 25.5 Å². The summed E-state index contributed by atoms with van der Waals surface area (Å²) in [5.41, 5.74) is 1.19. The summed E-state index contributed by atoms with van der Waals surface area (Å²) in [6, 6.07) is 6.30. The van der Waals surface area contributed by atoms with Crippen molar-refractivity contribution >= 4 is 0 Å². The summed E-state index contributed by atoms with van der Waals surface area (Å²) in [5.74, 6) is 1.51. The van der Waals surface area contributed by atoms with Crippen LogP contribution < -0.4 is 14.8 Å². The van der Waals surface area contributed by atoms with Gasteiger partial charge in [0.25, 0.3) is 0 Å². The minimum absolute atomic E-state index is 0.132. The van der Waals surface area contributed by atoms with Crippen LogP contribution in [0.1, 0.15) is 24.9 Å². The molecule has 2 rings (SSSR count). The second-order valence-corrected chi connectivity index (χ2v) is 5.05. The Bertz CT molecular complexity index is 432. The van der Waals surface area contributed by atoms with Crippen molar-refractivity contribution in [2.75, 3.05) is 40.6 Å². The highest BCUT2D eigenvalue weighted by Crippen LogP contribution is 2.30. The molecule has 1 heterocycles. The minimum atomic E-state index is 0.132. The Morgan fingerprint density at radius 1 is 1.24 bits per heavy atom. The molecule has 118 valence electrons. The van der Waals surface area contributed by atoms with Crippen molar-refractivity contribution in [1.29, 1.82) is 0 Å². The van der Waals surface area contributed by atoms with E-state index in [-0.39, 0.29) is 12.1 Å². The molecule has 0 saturated carbocycles. The normalized spacial score (nSPS) is 20.0. The number of benzene rings is 1. The van der Waals surface area contributed by atoms with Gasteiger partial charge in [0.1, 0.15) is 0 Å². The minimum Gasteiger partial charge on any atom is -0.493 e. The van der Waals surface area contributed by atoms with Gasteiger partial charge in [-0.15, -0.1) is 0 Å². The van der Waals surface area contributed by atoms with Crippen molar-refractivity contribution in [1.82, 2.24) is 5.32 Å². The summed E-state index contributed by atoms with van der Waals surface area (Å²) in [6.07, 6.45) is 1.12. The second-order valence-electron chi connectivity index (χ2n) is 5.05. The SMILES string of the molecule is CCC(NCC1COCCO1)c1ccc(OC)c(OC)c1. The molecule has 0 spiro atoms. The van der Waals surface area contributed by atoms with Crippen LogP contribution in [-0.4, -0.2) is 46.7 Å². The molecule has 0 amide bonds. The zero-order chi connectivity index (χ0) is 15.1. The topological polar surface area (TPSA) is 49.0 Å². The van der Waals surface area contributed by atoms with Gasteiger partial charge < -0.3 is 24.3 Å². The molecule has 1 aromatic rings. The quantitative estimate of drug-likeness (QED) is 0.835. The molecular formula is C16H25NO4. The van der Waals surface area contributed by atoms with E-state index in [1.165, 1.54) is 5.56 Å². The van der Waals surface area contributed by atoms with Crippen LogP contribution in [0, 0.1) is 0 Å². The fourth-order valence-electron chi connectivity index (χ4n) is 2.50. The molecule has 1 aliphatic heterocycles. The van der Waals surface area contributed by atoms with E-state index in [1.807, 2.05) is 12.1 Å². The van der Waals surface area contributed by atoms with E-state index in [9.17, 15) is 0 Å². The number of hydrogen-bond donors (Lipinski definition) is 1. The summed E-state index contributed by atoms with van der Waals surface area (Å²) < 4.78 is 21.7. The van der Waals surface area contributed by atoms with Gasteiger partial charge in [0.05, 0.1) is 40.1 Å². The molecule has 0 radical (unpaired) electrons. The van der Waals surface area contributed by atoms with Crippen LogP contribution in [0.25, 0.3) is 0 Å². The largest absolute Gasteiger partial charge is 0.493 e. The molecule has 21 heavy (non-hydrogen) atoms. The maximum Gasteiger partial charge on any atom is 0.161 e. The lowest BCUT2D eigenvalue weighted by atomic mass is 10.0. The van der Waals surface area contributed by atoms with E-state index in [0.717, 1.165) is 24.5 Å². The molecule has 1 N–H and O–H groups in total.